The van der Waals surface area contributed by atoms with E-state index in [2.05, 4.69) is 17.2 Å². The molecule has 1 heterocycles. The number of aromatic nitrogens is 1. The molecule has 0 saturated heterocycles. The maximum absolute atomic E-state index is 13.1. The fourth-order valence-corrected chi connectivity index (χ4v) is 2.54. The van der Waals surface area contributed by atoms with Crippen molar-refractivity contribution < 1.29 is 9.18 Å². The molecule has 3 rings (SSSR count). The Kier molecular flexibility index (Phi) is 2.81. The minimum Gasteiger partial charge on any atom is -0.361 e. The molecule has 1 aliphatic rings. The van der Waals surface area contributed by atoms with E-state index in [-0.39, 0.29) is 17.3 Å². The van der Waals surface area contributed by atoms with Crippen LogP contribution in [0.1, 0.15) is 31.7 Å². The van der Waals surface area contributed by atoms with E-state index in [1.54, 1.807) is 12.3 Å². The summed E-state index contributed by atoms with van der Waals surface area (Å²) in [5.74, 6) is -0.224. The molecule has 0 spiro atoms. The Balaban J connectivity index is 1.76. The predicted octanol–water partition coefficient (Wildman–Crippen LogP) is 2.91. The van der Waals surface area contributed by atoms with Crippen molar-refractivity contribution in [2.75, 3.05) is 0 Å². The lowest BCUT2D eigenvalue weighted by atomic mass is 10.1. The quantitative estimate of drug-likeness (QED) is 0.872. The Morgan fingerprint density at radius 3 is 2.95 bits per heavy atom. The summed E-state index contributed by atoms with van der Waals surface area (Å²) < 4.78 is 13.1. The normalized spacial score (nSPS) is 16.5. The van der Waals surface area contributed by atoms with E-state index in [9.17, 15) is 9.18 Å². The van der Waals surface area contributed by atoms with Crippen LogP contribution in [0.4, 0.5) is 4.39 Å². The van der Waals surface area contributed by atoms with E-state index in [1.165, 1.54) is 12.1 Å². The average Bonchev–Trinajstić information content (AvgIpc) is 3.05. The van der Waals surface area contributed by atoms with Crippen LogP contribution >= 0.6 is 0 Å². The molecule has 0 aliphatic heterocycles. The van der Waals surface area contributed by atoms with Gasteiger partial charge in [-0.3, -0.25) is 4.79 Å². The fourth-order valence-electron chi connectivity index (χ4n) is 2.54. The summed E-state index contributed by atoms with van der Waals surface area (Å²) in [5.41, 5.74) is 1.70. The number of nitrogens with one attached hydrogen (secondary N) is 2. The van der Waals surface area contributed by atoms with Crippen molar-refractivity contribution in [3.8, 4) is 0 Å². The van der Waals surface area contributed by atoms with Crippen LogP contribution in [0.3, 0.4) is 0 Å². The molecule has 0 bridgehead atoms. The second-order valence-electron chi connectivity index (χ2n) is 5.36. The minimum absolute atomic E-state index is 0.0459. The summed E-state index contributed by atoms with van der Waals surface area (Å²) in [6.07, 6.45) is 5.27. The molecule has 1 amide bonds. The van der Waals surface area contributed by atoms with Crippen molar-refractivity contribution in [2.45, 2.75) is 38.1 Å². The van der Waals surface area contributed by atoms with Crippen molar-refractivity contribution in [3.63, 3.8) is 0 Å². The number of H-pyrrole nitrogens is 1. The van der Waals surface area contributed by atoms with Crippen LogP contribution in [0.5, 0.6) is 0 Å². The van der Waals surface area contributed by atoms with Gasteiger partial charge in [0.25, 0.3) is 0 Å². The predicted molar refractivity (Wildman–Crippen MR) is 72.4 cm³/mol. The topological polar surface area (TPSA) is 44.9 Å². The lowest BCUT2D eigenvalue weighted by Crippen LogP contribution is -2.37. The Bertz CT molecular complexity index is 628. The minimum atomic E-state index is -0.270. The van der Waals surface area contributed by atoms with Gasteiger partial charge in [-0.2, -0.15) is 0 Å². The van der Waals surface area contributed by atoms with E-state index in [4.69, 9.17) is 0 Å². The number of rotatable bonds is 4. The number of carbonyl (C=O) groups excluding carboxylic acids is 1. The van der Waals surface area contributed by atoms with Crippen molar-refractivity contribution in [2.24, 2.45) is 0 Å². The largest absolute Gasteiger partial charge is 0.361 e. The lowest BCUT2D eigenvalue weighted by Gasteiger charge is -2.14. The molecule has 4 heteroatoms. The molecule has 1 aromatic heterocycles. The highest BCUT2D eigenvalue weighted by atomic mass is 19.1. The van der Waals surface area contributed by atoms with Gasteiger partial charge in [0.2, 0.25) is 5.91 Å². The number of aromatic amines is 1. The fraction of sp³-hybridized carbons (Fsp3) is 0.400. The van der Waals surface area contributed by atoms with Gasteiger partial charge in [-0.05, 0) is 43.0 Å². The van der Waals surface area contributed by atoms with Crippen LogP contribution in [0, 0.1) is 5.82 Å². The average molecular weight is 260 g/mol. The zero-order chi connectivity index (χ0) is 13.5. The van der Waals surface area contributed by atoms with Crippen LogP contribution in [-0.4, -0.2) is 16.4 Å². The van der Waals surface area contributed by atoms with E-state index in [1.807, 2.05) is 0 Å². The molecule has 1 aromatic carbocycles. The van der Waals surface area contributed by atoms with Crippen LogP contribution in [0.2, 0.25) is 0 Å². The number of benzene rings is 1. The second-order valence-corrected chi connectivity index (χ2v) is 5.36. The van der Waals surface area contributed by atoms with E-state index in [0.29, 0.717) is 6.42 Å². The third kappa shape index (κ3) is 2.35. The molecular formula is C15H17FN2O. The monoisotopic (exact) mass is 260 g/mol. The van der Waals surface area contributed by atoms with Gasteiger partial charge in [0, 0.05) is 22.6 Å². The van der Waals surface area contributed by atoms with Crippen molar-refractivity contribution in [1.29, 1.82) is 0 Å². The molecule has 100 valence electrons. The van der Waals surface area contributed by atoms with Crippen LogP contribution in [0.25, 0.3) is 10.9 Å². The molecule has 0 radical (unpaired) electrons. The number of amides is 1. The first kappa shape index (κ1) is 12.2. The number of fused-ring (bicyclic) bond motifs is 1. The van der Waals surface area contributed by atoms with Gasteiger partial charge < -0.3 is 10.3 Å². The summed E-state index contributed by atoms with van der Waals surface area (Å²) in [4.78, 5) is 15.0. The molecule has 0 unspecified atom stereocenters. The van der Waals surface area contributed by atoms with Crippen molar-refractivity contribution in [3.05, 3.63) is 35.8 Å². The molecule has 2 N–H and O–H groups in total. The lowest BCUT2D eigenvalue weighted by molar-refractivity contribution is -0.121. The third-order valence-electron chi connectivity index (χ3n) is 4.02. The van der Waals surface area contributed by atoms with Crippen LogP contribution < -0.4 is 5.32 Å². The maximum Gasteiger partial charge on any atom is 0.224 e. The van der Waals surface area contributed by atoms with Crippen LogP contribution in [-0.2, 0) is 11.2 Å². The summed E-state index contributed by atoms with van der Waals surface area (Å²) in [7, 11) is 0. The van der Waals surface area contributed by atoms with Gasteiger partial charge in [0.1, 0.15) is 5.82 Å². The van der Waals surface area contributed by atoms with Crippen molar-refractivity contribution >= 4 is 16.8 Å². The summed E-state index contributed by atoms with van der Waals surface area (Å²) in [6.45, 7) is 2.10. The van der Waals surface area contributed by atoms with E-state index >= 15 is 0 Å². The van der Waals surface area contributed by atoms with Gasteiger partial charge in [-0.25, -0.2) is 4.39 Å². The molecule has 2 aromatic rings. The van der Waals surface area contributed by atoms with Crippen molar-refractivity contribution in [1.82, 2.24) is 10.3 Å². The zero-order valence-corrected chi connectivity index (χ0v) is 10.9. The Labute approximate surface area is 111 Å². The summed E-state index contributed by atoms with van der Waals surface area (Å²) in [6, 6.07) is 4.59. The number of hydrogen-bond acceptors (Lipinski definition) is 1. The summed E-state index contributed by atoms with van der Waals surface area (Å²) >= 11 is 0. The van der Waals surface area contributed by atoms with Gasteiger partial charge in [-0.15, -0.1) is 0 Å². The molecule has 3 nitrogen and oxygen atoms in total. The Hall–Kier alpha value is -1.84. The van der Waals surface area contributed by atoms with Crippen LogP contribution in [0.15, 0.2) is 24.4 Å². The number of hydrogen-bond donors (Lipinski definition) is 2. The smallest absolute Gasteiger partial charge is 0.224 e. The summed E-state index contributed by atoms with van der Waals surface area (Å²) in [5, 5.41) is 4.02. The standard InChI is InChI=1S/C15H17FN2O/c1-2-15(5-6-15)18-14(19)7-10-9-17-13-8-11(16)3-4-12(10)13/h3-4,8-9,17H,2,5-7H2,1H3,(H,18,19). The first-order chi connectivity index (χ1) is 9.12. The molecule has 1 aliphatic carbocycles. The highest BCUT2D eigenvalue weighted by molar-refractivity contribution is 5.89. The van der Waals surface area contributed by atoms with E-state index in [0.717, 1.165) is 35.7 Å². The molecule has 1 saturated carbocycles. The van der Waals surface area contributed by atoms with Gasteiger partial charge in [-0.1, -0.05) is 6.92 Å². The first-order valence-electron chi connectivity index (χ1n) is 6.68. The molecule has 19 heavy (non-hydrogen) atoms. The highest BCUT2D eigenvalue weighted by Crippen LogP contribution is 2.38. The van der Waals surface area contributed by atoms with Gasteiger partial charge >= 0.3 is 0 Å². The molecule has 0 atom stereocenters. The molecule has 1 fully saturated rings. The Morgan fingerprint density at radius 2 is 2.26 bits per heavy atom. The van der Waals surface area contributed by atoms with Gasteiger partial charge in [0.15, 0.2) is 0 Å². The molecular weight excluding hydrogens is 243 g/mol. The number of carbonyl (C=O) groups is 1. The second kappa shape index (κ2) is 4.37. The maximum atomic E-state index is 13.1. The van der Waals surface area contributed by atoms with E-state index < -0.39 is 0 Å². The third-order valence-corrected chi connectivity index (χ3v) is 4.02. The highest BCUT2D eigenvalue weighted by Gasteiger charge is 2.41. The zero-order valence-electron chi connectivity index (χ0n) is 10.9. The van der Waals surface area contributed by atoms with Gasteiger partial charge in [0.05, 0.1) is 6.42 Å². The first-order valence-corrected chi connectivity index (χ1v) is 6.68. The Morgan fingerprint density at radius 1 is 1.47 bits per heavy atom. The number of halogens is 1. The SMILES string of the molecule is CCC1(NC(=O)Cc2c[nH]c3cc(F)ccc23)CC1.